The molecule has 10 heteroatoms. The Labute approximate surface area is 187 Å². The summed E-state index contributed by atoms with van der Waals surface area (Å²) in [6, 6.07) is 9.86. The third-order valence-electron chi connectivity index (χ3n) is 6.46. The van der Waals surface area contributed by atoms with Gasteiger partial charge in [-0.05, 0) is 31.9 Å². The molecule has 2 fully saturated rings. The average molecular weight is 449 g/mol. The van der Waals surface area contributed by atoms with Crippen molar-refractivity contribution in [2.24, 2.45) is 5.92 Å². The number of piperidine rings is 1. The summed E-state index contributed by atoms with van der Waals surface area (Å²) in [5.41, 5.74) is 1.03. The zero-order valence-electron chi connectivity index (χ0n) is 18.6. The molecule has 2 aliphatic heterocycles. The maximum atomic E-state index is 13.7. The number of hydroxylamine groups is 1. The quantitative estimate of drug-likeness (QED) is 0.444. The molecule has 1 aromatic carbocycles. The van der Waals surface area contributed by atoms with Gasteiger partial charge < -0.3 is 19.6 Å². The molecule has 2 heterocycles. The smallest absolute Gasteiger partial charge is 0.408 e. The van der Waals surface area contributed by atoms with Crippen LogP contribution in [0.5, 0.6) is 0 Å². The molecular formula is C22H32N4O6. The van der Waals surface area contributed by atoms with Crippen molar-refractivity contribution in [3.05, 3.63) is 30.3 Å². The molecule has 2 aliphatic rings. The van der Waals surface area contributed by atoms with E-state index in [2.05, 4.69) is 4.90 Å². The van der Waals surface area contributed by atoms with Crippen molar-refractivity contribution in [1.29, 1.82) is 0 Å². The van der Waals surface area contributed by atoms with E-state index in [1.54, 1.807) is 10.4 Å². The SMILES string of the molecule is CCCO[C@H]1C[C@H](C(=O)NO)[C@@](C)(C(=O)N2CCN(c3ccccc3)CC2)N(C(=O)O)C1. The molecule has 176 valence electrons. The Balaban J connectivity index is 1.82. The number of nitrogens with zero attached hydrogens (tertiary/aromatic N) is 3. The van der Waals surface area contributed by atoms with Gasteiger partial charge in [-0.2, -0.15) is 0 Å². The van der Waals surface area contributed by atoms with Gasteiger partial charge in [0.2, 0.25) is 11.8 Å². The number of anilines is 1. The number of hydrogen-bond acceptors (Lipinski definition) is 6. The summed E-state index contributed by atoms with van der Waals surface area (Å²) >= 11 is 0. The third-order valence-corrected chi connectivity index (χ3v) is 6.46. The van der Waals surface area contributed by atoms with Crippen molar-refractivity contribution in [2.45, 2.75) is 38.3 Å². The number of benzene rings is 1. The van der Waals surface area contributed by atoms with Crippen LogP contribution in [0.3, 0.4) is 0 Å². The molecule has 0 unspecified atom stereocenters. The van der Waals surface area contributed by atoms with Gasteiger partial charge in [-0.1, -0.05) is 25.1 Å². The maximum Gasteiger partial charge on any atom is 0.408 e. The highest BCUT2D eigenvalue weighted by Gasteiger charge is 2.57. The maximum absolute atomic E-state index is 13.7. The predicted octanol–water partition coefficient (Wildman–Crippen LogP) is 1.39. The largest absolute Gasteiger partial charge is 0.465 e. The number of piperazine rings is 1. The Morgan fingerprint density at radius 1 is 1.16 bits per heavy atom. The van der Waals surface area contributed by atoms with Gasteiger partial charge in [-0.15, -0.1) is 0 Å². The minimum Gasteiger partial charge on any atom is -0.465 e. The highest BCUT2D eigenvalue weighted by Crippen LogP contribution is 2.37. The van der Waals surface area contributed by atoms with Crippen LogP contribution in [-0.2, 0) is 14.3 Å². The normalized spacial score (nSPS) is 26.0. The van der Waals surface area contributed by atoms with Crippen molar-refractivity contribution in [1.82, 2.24) is 15.3 Å². The van der Waals surface area contributed by atoms with Gasteiger partial charge in [0.1, 0.15) is 5.54 Å². The molecule has 0 saturated carbocycles. The van der Waals surface area contributed by atoms with Crippen molar-refractivity contribution >= 4 is 23.6 Å². The molecule has 3 N–H and O–H groups in total. The van der Waals surface area contributed by atoms with Crippen LogP contribution in [0.15, 0.2) is 30.3 Å². The standard InChI is InChI=1S/C22H32N4O6/c1-3-13-32-17-14-18(19(27)23-31)22(2,26(15-17)21(29)30)20(28)25-11-9-24(10-12-25)16-7-5-4-6-8-16/h4-8,17-18,31H,3,9-15H2,1-2H3,(H,23,27)(H,29,30)/t17-,18+,22-/m0/s1. The Kier molecular flexibility index (Phi) is 7.57. The number of hydrogen-bond donors (Lipinski definition) is 3. The molecule has 0 spiro atoms. The summed E-state index contributed by atoms with van der Waals surface area (Å²) in [6.07, 6.45) is -0.960. The minimum atomic E-state index is -1.65. The summed E-state index contributed by atoms with van der Waals surface area (Å²) in [4.78, 5) is 43.2. The number of amides is 3. The molecule has 0 radical (unpaired) electrons. The number of para-hydroxylation sites is 1. The molecule has 3 rings (SSSR count). The molecule has 1 aromatic rings. The minimum absolute atomic E-state index is 0.0171. The summed E-state index contributed by atoms with van der Waals surface area (Å²) < 4.78 is 5.72. The zero-order valence-corrected chi connectivity index (χ0v) is 18.6. The first-order chi connectivity index (χ1) is 15.3. The van der Waals surface area contributed by atoms with Crippen LogP contribution in [0, 0.1) is 5.92 Å². The first-order valence-electron chi connectivity index (χ1n) is 11.0. The van der Waals surface area contributed by atoms with Crippen molar-refractivity contribution in [2.75, 3.05) is 44.2 Å². The molecule has 2 saturated heterocycles. The lowest BCUT2D eigenvalue weighted by atomic mass is 9.75. The third kappa shape index (κ3) is 4.66. The lowest BCUT2D eigenvalue weighted by Crippen LogP contribution is -2.71. The number of carboxylic acid groups (broad SMARTS) is 1. The number of likely N-dealkylation sites (tertiary alicyclic amines) is 1. The fourth-order valence-corrected chi connectivity index (χ4v) is 4.66. The van der Waals surface area contributed by atoms with E-state index in [0.29, 0.717) is 32.8 Å². The van der Waals surface area contributed by atoms with Crippen LogP contribution < -0.4 is 10.4 Å². The second-order valence-electron chi connectivity index (χ2n) is 8.41. The van der Waals surface area contributed by atoms with E-state index in [9.17, 15) is 24.7 Å². The lowest BCUT2D eigenvalue weighted by molar-refractivity contribution is -0.163. The number of rotatable bonds is 6. The summed E-state index contributed by atoms with van der Waals surface area (Å²) in [6.45, 7) is 5.80. The van der Waals surface area contributed by atoms with Crippen LogP contribution >= 0.6 is 0 Å². The van der Waals surface area contributed by atoms with Gasteiger partial charge in [0, 0.05) is 38.5 Å². The van der Waals surface area contributed by atoms with E-state index in [4.69, 9.17) is 4.74 Å². The highest BCUT2D eigenvalue weighted by atomic mass is 16.5. The fraction of sp³-hybridized carbons (Fsp3) is 0.591. The van der Waals surface area contributed by atoms with Gasteiger partial charge in [0.25, 0.3) is 0 Å². The predicted molar refractivity (Wildman–Crippen MR) is 116 cm³/mol. The van der Waals surface area contributed by atoms with Crippen LogP contribution in [0.4, 0.5) is 10.5 Å². The molecule has 0 bridgehead atoms. The number of carbonyl (C=O) groups excluding carboxylic acids is 2. The summed E-state index contributed by atoms with van der Waals surface area (Å²) in [7, 11) is 0. The average Bonchev–Trinajstić information content (AvgIpc) is 2.82. The second-order valence-corrected chi connectivity index (χ2v) is 8.41. The van der Waals surface area contributed by atoms with Gasteiger partial charge in [0.15, 0.2) is 0 Å². The molecular weight excluding hydrogens is 416 g/mol. The van der Waals surface area contributed by atoms with E-state index in [-0.39, 0.29) is 13.0 Å². The summed E-state index contributed by atoms with van der Waals surface area (Å²) in [5.74, 6) is -2.31. The molecule has 3 amide bonds. The van der Waals surface area contributed by atoms with Crippen molar-refractivity contribution < 1.29 is 29.4 Å². The van der Waals surface area contributed by atoms with Crippen molar-refractivity contribution in [3.63, 3.8) is 0 Å². The first kappa shape index (κ1) is 23.8. The van der Waals surface area contributed by atoms with Crippen molar-refractivity contribution in [3.8, 4) is 0 Å². The monoisotopic (exact) mass is 448 g/mol. The van der Waals surface area contributed by atoms with E-state index in [1.807, 2.05) is 37.3 Å². The Morgan fingerprint density at radius 2 is 1.81 bits per heavy atom. The number of ether oxygens (including phenoxy) is 1. The van der Waals surface area contributed by atoms with E-state index < -0.39 is 35.5 Å². The molecule has 0 aliphatic carbocycles. The van der Waals surface area contributed by atoms with Crippen LogP contribution in [-0.4, -0.2) is 89.0 Å². The van der Waals surface area contributed by atoms with Crippen LogP contribution in [0.25, 0.3) is 0 Å². The molecule has 0 aromatic heterocycles. The highest BCUT2D eigenvalue weighted by molar-refractivity contribution is 5.96. The van der Waals surface area contributed by atoms with E-state index in [1.165, 1.54) is 6.92 Å². The van der Waals surface area contributed by atoms with E-state index >= 15 is 0 Å². The number of nitrogens with one attached hydrogen (secondary N) is 1. The Hall–Kier alpha value is -2.85. The van der Waals surface area contributed by atoms with Gasteiger partial charge >= 0.3 is 6.09 Å². The topological polar surface area (TPSA) is 123 Å². The molecule has 32 heavy (non-hydrogen) atoms. The van der Waals surface area contributed by atoms with Gasteiger partial charge in [-0.3, -0.25) is 19.7 Å². The lowest BCUT2D eigenvalue weighted by Gasteiger charge is -2.51. The van der Waals surface area contributed by atoms with Gasteiger partial charge in [-0.25, -0.2) is 10.3 Å². The molecule has 10 nitrogen and oxygen atoms in total. The Bertz CT molecular complexity index is 814. The Morgan fingerprint density at radius 3 is 2.38 bits per heavy atom. The van der Waals surface area contributed by atoms with Crippen LogP contribution in [0.1, 0.15) is 26.7 Å². The van der Waals surface area contributed by atoms with E-state index in [0.717, 1.165) is 17.0 Å². The molecule has 3 atom stereocenters. The first-order valence-corrected chi connectivity index (χ1v) is 11.0. The van der Waals surface area contributed by atoms with Crippen LogP contribution in [0.2, 0.25) is 0 Å². The fourth-order valence-electron chi connectivity index (χ4n) is 4.66. The number of carbonyl (C=O) groups is 3. The zero-order chi connectivity index (χ0) is 23.3. The van der Waals surface area contributed by atoms with Gasteiger partial charge in [0.05, 0.1) is 18.6 Å². The second kappa shape index (κ2) is 10.2. The summed E-state index contributed by atoms with van der Waals surface area (Å²) in [5, 5.41) is 19.2.